The minimum atomic E-state index is -0.0954. The number of amides is 1. The summed E-state index contributed by atoms with van der Waals surface area (Å²) in [7, 11) is 3.55. The van der Waals surface area contributed by atoms with Crippen LogP contribution in [0, 0.1) is 5.92 Å². The van der Waals surface area contributed by atoms with Gasteiger partial charge in [0, 0.05) is 39.8 Å². The second-order valence-electron chi connectivity index (χ2n) is 5.46. The van der Waals surface area contributed by atoms with Crippen LogP contribution in [-0.2, 0) is 6.54 Å². The van der Waals surface area contributed by atoms with Crippen LogP contribution in [0.1, 0.15) is 37.2 Å². The minimum absolute atomic E-state index is 0.0954. The van der Waals surface area contributed by atoms with Crippen LogP contribution in [0.3, 0.4) is 0 Å². The molecule has 1 amide bonds. The zero-order valence-corrected chi connectivity index (χ0v) is 13.4. The van der Waals surface area contributed by atoms with Crippen LogP contribution >= 0.6 is 0 Å². The molecule has 4 N–H and O–H groups in total. The zero-order chi connectivity index (χ0) is 15.8. The molecule has 1 aromatic heterocycles. The van der Waals surface area contributed by atoms with Crippen LogP contribution in [-0.4, -0.2) is 36.9 Å². The average molecular weight is 293 g/mol. The first kappa shape index (κ1) is 17.1. The average Bonchev–Trinajstić information content (AvgIpc) is 2.82. The van der Waals surface area contributed by atoms with Gasteiger partial charge in [0.2, 0.25) is 0 Å². The highest BCUT2D eigenvalue weighted by atomic mass is 16.1. The molecule has 1 aromatic rings. The fourth-order valence-corrected chi connectivity index (χ4v) is 2.04. The zero-order valence-electron chi connectivity index (χ0n) is 13.4. The number of aromatic nitrogens is 1. The maximum absolute atomic E-state index is 12.2. The Morgan fingerprint density at radius 2 is 2.19 bits per heavy atom. The van der Waals surface area contributed by atoms with Gasteiger partial charge in [-0.1, -0.05) is 13.8 Å². The first-order valence-electron chi connectivity index (χ1n) is 7.35. The van der Waals surface area contributed by atoms with Crippen LogP contribution in [0.5, 0.6) is 0 Å². The number of anilines is 1. The highest BCUT2D eigenvalue weighted by molar-refractivity contribution is 5.94. The Kier molecular flexibility index (Phi) is 6.78. The molecule has 0 bridgehead atoms. The summed E-state index contributed by atoms with van der Waals surface area (Å²) in [4.78, 5) is 16.3. The van der Waals surface area contributed by atoms with E-state index >= 15 is 0 Å². The fourth-order valence-electron chi connectivity index (χ4n) is 2.04. The van der Waals surface area contributed by atoms with E-state index in [1.54, 1.807) is 13.1 Å². The number of hydrogen-bond acceptors (Lipinski definition) is 3. The number of hydrogen-bond donors (Lipinski definition) is 3. The second kappa shape index (κ2) is 8.34. The molecule has 0 aliphatic carbocycles. The SMILES string of the molecule is CN=C(CCNC(=O)c1cc(N)cn1CCC(C)C)NC. The third-order valence-corrected chi connectivity index (χ3v) is 3.30. The Morgan fingerprint density at radius 3 is 2.76 bits per heavy atom. The minimum Gasteiger partial charge on any atom is -0.397 e. The van der Waals surface area contributed by atoms with E-state index in [-0.39, 0.29) is 5.91 Å². The van der Waals surface area contributed by atoms with Gasteiger partial charge in [0.25, 0.3) is 5.91 Å². The lowest BCUT2D eigenvalue weighted by Gasteiger charge is -2.11. The van der Waals surface area contributed by atoms with Crippen LogP contribution in [0.4, 0.5) is 5.69 Å². The highest BCUT2D eigenvalue weighted by Crippen LogP contribution is 2.13. The largest absolute Gasteiger partial charge is 0.397 e. The summed E-state index contributed by atoms with van der Waals surface area (Å²) in [5.74, 6) is 1.36. The number of nitrogens with zero attached hydrogens (tertiary/aromatic N) is 2. The van der Waals surface area contributed by atoms with Gasteiger partial charge < -0.3 is 20.9 Å². The van der Waals surface area contributed by atoms with Crippen LogP contribution in [0.2, 0.25) is 0 Å². The first-order valence-corrected chi connectivity index (χ1v) is 7.35. The molecule has 1 heterocycles. The van der Waals surface area contributed by atoms with Crippen molar-refractivity contribution < 1.29 is 4.79 Å². The molecule has 0 aliphatic rings. The van der Waals surface area contributed by atoms with E-state index in [0.717, 1.165) is 18.8 Å². The summed E-state index contributed by atoms with van der Waals surface area (Å²) in [5, 5.41) is 5.89. The van der Waals surface area contributed by atoms with Crippen molar-refractivity contribution in [3.63, 3.8) is 0 Å². The third kappa shape index (κ3) is 5.49. The number of nitrogen functional groups attached to an aromatic ring is 1. The number of rotatable bonds is 7. The van der Waals surface area contributed by atoms with E-state index in [4.69, 9.17) is 5.73 Å². The van der Waals surface area contributed by atoms with Gasteiger partial charge in [0.15, 0.2) is 0 Å². The number of aryl methyl sites for hydroxylation is 1. The summed E-state index contributed by atoms with van der Waals surface area (Å²) in [6, 6.07) is 1.72. The number of aliphatic imine (C=N–C) groups is 1. The molecule has 0 saturated heterocycles. The Morgan fingerprint density at radius 1 is 1.48 bits per heavy atom. The molecule has 0 unspecified atom stereocenters. The van der Waals surface area contributed by atoms with Crippen molar-refractivity contribution in [2.24, 2.45) is 10.9 Å². The van der Waals surface area contributed by atoms with Gasteiger partial charge in [0.05, 0.1) is 11.5 Å². The normalized spacial score (nSPS) is 11.8. The molecule has 0 spiro atoms. The number of nitrogens with one attached hydrogen (secondary N) is 2. The van der Waals surface area contributed by atoms with Crippen molar-refractivity contribution in [2.75, 3.05) is 26.4 Å². The summed E-state index contributed by atoms with van der Waals surface area (Å²) in [6.07, 6.45) is 3.52. The van der Waals surface area contributed by atoms with Crippen molar-refractivity contribution in [3.05, 3.63) is 18.0 Å². The van der Waals surface area contributed by atoms with E-state index in [1.165, 1.54) is 0 Å². The molecule has 0 aliphatic heterocycles. The van der Waals surface area contributed by atoms with Crippen LogP contribution < -0.4 is 16.4 Å². The van der Waals surface area contributed by atoms with E-state index < -0.39 is 0 Å². The number of carbonyl (C=O) groups is 1. The maximum atomic E-state index is 12.2. The Balaban J connectivity index is 2.61. The van der Waals surface area contributed by atoms with E-state index in [1.807, 2.05) is 17.8 Å². The quantitative estimate of drug-likeness (QED) is 0.526. The molecule has 0 atom stereocenters. The number of carbonyl (C=O) groups excluding carboxylic acids is 1. The van der Waals surface area contributed by atoms with Gasteiger partial charge in [-0.3, -0.25) is 9.79 Å². The molecular weight excluding hydrogens is 266 g/mol. The summed E-state index contributed by atoms with van der Waals surface area (Å²) >= 11 is 0. The molecule has 6 nitrogen and oxygen atoms in total. The maximum Gasteiger partial charge on any atom is 0.267 e. The predicted octanol–water partition coefficient (Wildman–Crippen LogP) is 1.48. The topological polar surface area (TPSA) is 84.4 Å². The lowest BCUT2D eigenvalue weighted by Crippen LogP contribution is -2.30. The molecule has 118 valence electrons. The van der Waals surface area contributed by atoms with Crippen LogP contribution in [0.25, 0.3) is 0 Å². The molecular formula is C15H27N5O. The van der Waals surface area contributed by atoms with E-state index in [9.17, 15) is 4.79 Å². The Hall–Kier alpha value is -1.98. The molecule has 0 fully saturated rings. The standard InChI is InChI=1S/C15H27N5O/c1-11(2)6-8-20-10-12(16)9-13(20)15(21)19-7-5-14(17-3)18-4/h9-11H,5-8,16H2,1-4H3,(H,17,18)(H,19,21). The molecule has 1 rings (SSSR count). The molecule has 0 radical (unpaired) electrons. The van der Waals surface area contributed by atoms with E-state index in [2.05, 4.69) is 29.5 Å². The smallest absolute Gasteiger partial charge is 0.267 e. The van der Waals surface area contributed by atoms with E-state index in [0.29, 0.717) is 30.3 Å². The van der Waals surface area contributed by atoms with Gasteiger partial charge in [-0.15, -0.1) is 0 Å². The lowest BCUT2D eigenvalue weighted by molar-refractivity contribution is 0.0945. The van der Waals surface area contributed by atoms with Gasteiger partial charge in [0.1, 0.15) is 5.69 Å². The number of nitrogens with two attached hydrogens (primary N) is 1. The van der Waals surface area contributed by atoms with Crippen molar-refractivity contribution in [3.8, 4) is 0 Å². The highest BCUT2D eigenvalue weighted by Gasteiger charge is 2.13. The van der Waals surface area contributed by atoms with Gasteiger partial charge in [-0.2, -0.15) is 0 Å². The van der Waals surface area contributed by atoms with Crippen molar-refractivity contribution in [1.29, 1.82) is 0 Å². The van der Waals surface area contributed by atoms with Gasteiger partial charge in [-0.05, 0) is 18.4 Å². The molecule has 0 saturated carbocycles. The first-order chi connectivity index (χ1) is 9.97. The molecule has 0 aromatic carbocycles. The Labute approximate surface area is 126 Å². The monoisotopic (exact) mass is 293 g/mol. The molecule has 6 heteroatoms. The van der Waals surface area contributed by atoms with Crippen molar-refractivity contribution >= 4 is 17.4 Å². The Bertz CT molecular complexity index is 490. The summed E-state index contributed by atoms with van der Waals surface area (Å²) in [6.45, 7) is 5.67. The predicted molar refractivity (Wildman–Crippen MR) is 87.7 cm³/mol. The van der Waals surface area contributed by atoms with Crippen LogP contribution in [0.15, 0.2) is 17.3 Å². The van der Waals surface area contributed by atoms with Crippen molar-refractivity contribution in [1.82, 2.24) is 15.2 Å². The summed E-state index contributed by atoms with van der Waals surface area (Å²) < 4.78 is 1.93. The third-order valence-electron chi connectivity index (χ3n) is 3.30. The number of amidine groups is 1. The van der Waals surface area contributed by atoms with Gasteiger partial charge in [-0.25, -0.2) is 0 Å². The molecule has 21 heavy (non-hydrogen) atoms. The lowest BCUT2D eigenvalue weighted by atomic mass is 10.1. The van der Waals surface area contributed by atoms with Crippen molar-refractivity contribution in [2.45, 2.75) is 33.2 Å². The summed E-state index contributed by atoms with van der Waals surface area (Å²) in [5.41, 5.74) is 7.05. The fraction of sp³-hybridized carbons (Fsp3) is 0.600. The second-order valence-corrected chi connectivity index (χ2v) is 5.46. The van der Waals surface area contributed by atoms with Gasteiger partial charge >= 0.3 is 0 Å².